The first-order valence-electron chi connectivity index (χ1n) is 11.5. The van der Waals surface area contributed by atoms with E-state index in [4.69, 9.17) is 0 Å². The number of fused-ring (bicyclic) bond motifs is 3. The highest BCUT2D eigenvalue weighted by Gasteiger charge is 2.42. The van der Waals surface area contributed by atoms with Crippen LogP contribution in [0.15, 0.2) is 85.2 Å². The van der Waals surface area contributed by atoms with Crippen LogP contribution >= 0.6 is 0 Å². The molecule has 0 saturated carbocycles. The monoisotopic (exact) mass is 423 g/mol. The van der Waals surface area contributed by atoms with E-state index < -0.39 is 0 Å². The Balaban J connectivity index is 1.24. The molecule has 162 valence electrons. The van der Waals surface area contributed by atoms with E-state index in [0.717, 1.165) is 25.1 Å². The molecule has 0 aliphatic carbocycles. The number of amides is 1. The third-order valence-electron chi connectivity index (χ3n) is 6.89. The van der Waals surface area contributed by atoms with E-state index >= 15 is 0 Å². The van der Waals surface area contributed by atoms with Crippen molar-refractivity contribution in [3.63, 3.8) is 0 Å². The summed E-state index contributed by atoms with van der Waals surface area (Å²) in [6, 6.07) is 23.3. The van der Waals surface area contributed by atoms with Gasteiger partial charge in [0, 0.05) is 30.6 Å². The lowest BCUT2D eigenvalue weighted by Gasteiger charge is -2.51. The lowest BCUT2D eigenvalue weighted by molar-refractivity contribution is -0.119. The molecule has 2 aromatic carbocycles. The summed E-state index contributed by atoms with van der Waals surface area (Å²) in [5, 5.41) is 3.34. The first kappa shape index (κ1) is 20.7. The van der Waals surface area contributed by atoms with Crippen molar-refractivity contribution in [3.8, 4) is 11.1 Å². The van der Waals surface area contributed by atoms with Crippen LogP contribution in [0, 0.1) is 5.92 Å². The predicted molar refractivity (Wildman–Crippen MR) is 129 cm³/mol. The Morgan fingerprint density at radius 1 is 0.969 bits per heavy atom. The van der Waals surface area contributed by atoms with E-state index in [0.29, 0.717) is 12.0 Å². The molecular formula is C28H29N3O. The third-order valence-corrected chi connectivity index (χ3v) is 6.89. The van der Waals surface area contributed by atoms with Crippen molar-refractivity contribution in [2.45, 2.75) is 31.3 Å². The number of aromatic nitrogens is 1. The lowest BCUT2D eigenvalue weighted by Crippen LogP contribution is -2.64. The molecule has 3 fully saturated rings. The summed E-state index contributed by atoms with van der Waals surface area (Å²) in [6.07, 6.45) is 10.6. The summed E-state index contributed by atoms with van der Waals surface area (Å²) in [5.74, 6) is 0.552. The number of piperidine rings is 3. The zero-order chi connectivity index (χ0) is 21.8. The number of hydrogen-bond donors (Lipinski definition) is 1. The molecule has 3 aliphatic rings. The van der Waals surface area contributed by atoms with Crippen molar-refractivity contribution < 1.29 is 4.79 Å². The van der Waals surface area contributed by atoms with Crippen molar-refractivity contribution in [1.82, 2.24) is 15.2 Å². The average Bonchev–Trinajstić information content (AvgIpc) is 2.86. The molecule has 6 rings (SSSR count). The largest absolute Gasteiger partial charge is 0.348 e. The van der Waals surface area contributed by atoms with E-state index in [1.807, 2.05) is 42.7 Å². The minimum Gasteiger partial charge on any atom is -0.348 e. The molecule has 2 bridgehead atoms. The summed E-state index contributed by atoms with van der Waals surface area (Å²) in [6.45, 7) is 2.26. The van der Waals surface area contributed by atoms with Crippen LogP contribution < -0.4 is 5.32 Å². The summed E-state index contributed by atoms with van der Waals surface area (Å²) in [4.78, 5) is 19.6. The molecule has 2 unspecified atom stereocenters. The number of carbonyl (C=O) groups is 1. The van der Waals surface area contributed by atoms with E-state index in [-0.39, 0.29) is 11.9 Å². The number of pyridine rings is 1. The number of rotatable bonds is 6. The van der Waals surface area contributed by atoms with Crippen LogP contribution in [-0.2, 0) is 11.2 Å². The van der Waals surface area contributed by atoms with Crippen molar-refractivity contribution in [2.24, 2.45) is 5.92 Å². The molecule has 0 spiro atoms. The number of hydrogen-bond acceptors (Lipinski definition) is 3. The van der Waals surface area contributed by atoms with Gasteiger partial charge in [0.2, 0.25) is 5.91 Å². The first-order valence-corrected chi connectivity index (χ1v) is 11.5. The molecule has 1 aromatic heterocycles. The second kappa shape index (κ2) is 9.49. The fourth-order valence-corrected chi connectivity index (χ4v) is 5.18. The third kappa shape index (κ3) is 4.66. The Bertz CT molecular complexity index is 1050. The predicted octanol–water partition coefficient (Wildman–Crippen LogP) is 4.58. The zero-order valence-electron chi connectivity index (χ0n) is 18.2. The highest BCUT2D eigenvalue weighted by Crippen LogP contribution is 2.34. The van der Waals surface area contributed by atoms with E-state index in [1.54, 1.807) is 6.08 Å². The van der Waals surface area contributed by atoms with Gasteiger partial charge in [-0.2, -0.15) is 0 Å². The molecule has 4 heterocycles. The fraction of sp³-hybridized carbons (Fsp3) is 0.286. The summed E-state index contributed by atoms with van der Waals surface area (Å²) >= 11 is 0. The summed E-state index contributed by atoms with van der Waals surface area (Å²) < 4.78 is 0. The van der Waals surface area contributed by atoms with Crippen molar-refractivity contribution in [1.29, 1.82) is 0 Å². The number of benzene rings is 2. The van der Waals surface area contributed by atoms with Crippen LogP contribution in [0.5, 0.6) is 0 Å². The van der Waals surface area contributed by atoms with Crippen molar-refractivity contribution in [3.05, 3.63) is 96.3 Å². The van der Waals surface area contributed by atoms with Crippen LogP contribution in [-0.4, -0.2) is 41.0 Å². The Labute approximate surface area is 190 Å². The Morgan fingerprint density at radius 2 is 1.72 bits per heavy atom. The topological polar surface area (TPSA) is 45.2 Å². The van der Waals surface area contributed by atoms with Gasteiger partial charge in [-0.1, -0.05) is 60.7 Å². The standard InChI is InChI=1S/C28H29N3O/c32-27(13-10-21-8-11-24(12-9-21)23-6-2-1-3-7-23)30-28-25-14-17-31(18-15-25)26(28)19-22-5-4-16-29-20-22/h1-13,16,20,25-26,28H,14-15,17-19H2,(H,30,32). The second-order valence-corrected chi connectivity index (χ2v) is 8.86. The van der Waals surface area contributed by atoms with E-state index in [2.05, 4.69) is 57.7 Å². The van der Waals surface area contributed by atoms with Crippen LogP contribution in [0.1, 0.15) is 24.0 Å². The Kier molecular flexibility index (Phi) is 6.13. The van der Waals surface area contributed by atoms with Gasteiger partial charge in [0.05, 0.1) is 0 Å². The van der Waals surface area contributed by atoms with Gasteiger partial charge in [-0.15, -0.1) is 0 Å². The van der Waals surface area contributed by atoms with Crippen LogP contribution in [0.4, 0.5) is 0 Å². The maximum Gasteiger partial charge on any atom is 0.244 e. The van der Waals surface area contributed by atoms with Crippen molar-refractivity contribution >= 4 is 12.0 Å². The highest BCUT2D eigenvalue weighted by atomic mass is 16.1. The number of carbonyl (C=O) groups excluding carboxylic acids is 1. The molecule has 1 N–H and O–H groups in total. The molecule has 32 heavy (non-hydrogen) atoms. The molecule has 3 aliphatic heterocycles. The van der Waals surface area contributed by atoms with Gasteiger partial charge in [-0.3, -0.25) is 14.7 Å². The van der Waals surface area contributed by atoms with E-state index in [9.17, 15) is 4.79 Å². The minimum atomic E-state index is -0.00734. The molecule has 3 saturated heterocycles. The molecular weight excluding hydrogens is 394 g/mol. The van der Waals surface area contributed by atoms with Gasteiger partial charge in [-0.05, 0) is 72.7 Å². The first-order chi connectivity index (χ1) is 15.8. The average molecular weight is 424 g/mol. The fourth-order valence-electron chi connectivity index (χ4n) is 5.18. The SMILES string of the molecule is O=C(C=Cc1ccc(-c2ccccc2)cc1)NC1C2CCN(CC2)C1Cc1cccnc1. The minimum absolute atomic E-state index is 0.00734. The van der Waals surface area contributed by atoms with Crippen molar-refractivity contribution in [2.75, 3.05) is 13.1 Å². The van der Waals surface area contributed by atoms with Gasteiger partial charge >= 0.3 is 0 Å². The molecule has 2 atom stereocenters. The van der Waals surface area contributed by atoms with Gasteiger partial charge in [0.1, 0.15) is 0 Å². The Morgan fingerprint density at radius 3 is 2.44 bits per heavy atom. The van der Waals surface area contributed by atoms with Gasteiger partial charge in [-0.25, -0.2) is 0 Å². The lowest BCUT2D eigenvalue weighted by atomic mass is 9.77. The van der Waals surface area contributed by atoms with Gasteiger partial charge in [0.25, 0.3) is 0 Å². The molecule has 3 aromatic rings. The van der Waals surface area contributed by atoms with Crippen LogP contribution in [0.3, 0.4) is 0 Å². The highest BCUT2D eigenvalue weighted by molar-refractivity contribution is 5.92. The van der Waals surface area contributed by atoms with E-state index in [1.165, 1.54) is 29.5 Å². The summed E-state index contributed by atoms with van der Waals surface area (Å²) in [5.41, 5.74) is 4.64. The quantitative estimate of drug-likeness (QED) is 0.590. The molecule has 4 nitrogen and oxygen atoms in total. The number of nitrogens with one attached hydrogen (secondary N) is 1. The maximum atomic E-state index is 12.8. The van der Waals surface area contributed by atoms with Crippen LogP contribution in [0.2, 0.25) is 0 Å². The van der Waals surface area contributed by atoms with Gasteiger partial charge in [0.15, 0.2) is 0 Å². The maximum absolute atomic E-state index is 12.8. The Hall–Kier alpha value is -3.24. The molecule has 1 amide bonds. The van der Waals surface area contributed by atoms with Gasteiger partial charge < -0.3 is 5.32 Å². The summed E-state index contributed by atoms with van der Waals surface area (Å²) in [7, 11) is 0. The molecule has 0 radical (unpaired) electrons. The smallest absolute Gasteiger partial charge is 0.244 e. The second-order valence-electron chi connectivity index (χ2n) is 8.86. The van der Waals surface area contributed by atoms with Crippen LogP contribution in [0.25, 0.3) is 17.2 Å². The normalized spacial score (nSPS) is 24.5. The number of nitrogens with zero attached hydrogens (tertiary/aromatic N) is 2. The molecule has 4 heteroatoms. The zero-order valence-corrected chi connectivity index (χ0v) is 18.2.